The highest BCUT2D eigenvalue weighted by Gasteiger charge is 2.02. The van der Waals surface area contributed by atoms with Gasteiger partial charge in [-0.05, 0) is 31.2 Å². The van der Waals surface area contributed by atoms with Crippen molar-refractivity contribution in [2.75, 3.05) is 13.7 Å². The summed E-state index contributed by atoms with van der Waals surface area (Å²) < 4.78 is 22.8. The van der Waals surface area contributed by atoms with Gasteiger partial charge in [0.2, 0.25) is 0 Å². The molecule has 0 amide bonds. The van der Waals surface area contributed by atoms with Crippen molar-refractivity contribution < 1.29 is 13.9 Å². The van der Waals surface area contributed by atoms with E-state index < -0.39 is 0 Å². The molecule has 1 atom stereocenters. The first-order valence-electron chi connectivity index (χ1n) is 4.13. The van der Waals surface area contributed by atoms with Gasteiger partial charge in [-0.1, -0.05) is 0 Å². The third-order valence-electron chi connectivity index (χ3n) is 1.55. The summed E-state index contributed by atoms with van der Waals surface area (Å²) >= 11 is 0. The summed E-state index contributed by atoms with van der Waals surface area (Å²) in [5.41, 5.74) is 0. The molecule has 3 heteroatoms. The maximum Gasteiger partial charge on any atom is 0.123 e. The minimum atomic E-state index is -0.258. The molecular formula is C10H13FO2. The molecule has 0 aliphatic carbocycles. The normalized spacial score (nSPS) is 12.5. The van der Waals surface area contributed by atoms with E-state index in [2.05, 4.69) is 0 Å². The molecule has 0 heterocycles. The molecule has 1 unspecified atom stereocenters. The van der Waals surface area contributed by atoms with E-state index in [1.807, 2.05) is 6.92 Å². The van der Waals surface area contributed by atoms with Crippen LogP contribution in [0.2, 0.25) is 0 Å². The summed E-state index contributed by atoms with van der Waals surface area (Å²) in [7, 11) is 1.62. The van der Waals surface area contributed by atoms with Crippen LogP contribution in [0, 0.1) is 5.82 Å². The number of hydrogen-bond donors (Lipinski definition) is 0. The highest BCUT2D eigenvalue weighted by molar-refractivity contribution is 5.22. The molecule has 0 aromatic heterocycles. The van der Waals surface area contributed by atoms with Gasteiger partial charge in [-0.2, -0.15) is 0 Å². The van der Waals surface area contributed by atoms with Crippen molar-refractivity contribution in [3.8, 4) is 5.75 Å². The number of hydrogen-bond acceptors (Lipinski definition) is 2. The molecule has 13 heavy (non-hydrogen) atoms. The Hall–Kier alpha value is -1.09. The van der Waals surface area contributed by atoms with Gasteiger partial charge in [-0.25, -0.2) is 4.39 Å². The van der Waals surface area contributed by atoms with Gasteiger partial charge in [0.1, 0.15) is 17.7 Å². The van der Waals surface area contributed by atoms with Crippen LogP contribution in [0.15, 0.2) is 24.3 Å². The zero-order chi connectivity index (χ0) is 9.68. The van der Waals surface area contributed by atoms with Gasteiger partial charge in [0.05, 0.1) is 6.61 Å². The maximum absolute atomic E-state index is 12.5. The van der Waals surface area contributed by atoms with Crippen LogP contribution in [0.25, 0.3) is 0 Å². The van der Waals surface area contributed by atoms with Crippen molar-refractivity contribution in [2.45, 2.75) is 13.0 Å². The Bertz CT molecular complexity index is 246. The lowest BCUT2D eigenvalue weighted by molar-refractivity contribution is 0.0920. The second-order valence-corrected chi connectivity index (χ2v) is 2.84. The van der Waals surface area contributed by atoms with Crippen molar-refractivity contribution >= 4 is 0 Å². The van der Waals surface area contributed by atoms with Gasteiger partial charge < -0.3 is 9.47 Å². The monoisotopic (exact) mass is 184 g/mol. The molecule has 1 aromatic rings. The predicted octanol–water partition coefficient (Wildman–Crippen LogP) is 2.24. The van der Waals surface area contributed by atoms with E-state index in [0.29, 0.717) is 12.4 Å². The molecule has 2 nitrogen and oxygen atoms in total. The third kappa shape index (κ3) is 3.42. The van der Waals surface area contributed by atoms with Gasteiger partial charge in [0.15, 0.2) is 0 Å². The van der Waals surface area contributed by atoms with Crippen LogP contribution in [-0.2, 0) is 4.74 Å². The largest absolute Gasteiger partial charge is 0.488 e. The Balaban J connectivity index is 2.49. The first kappa shape index (κ1) is 9.99. The maximum atomic E-state index is 12.5. The zero-order valence-electron chi connectivity index (χ0n) is 7.79. The van der Waals surface area contributed by atoms with Crippen LogP contribution in [0.3, 0.4) is 0 Å². The molecule has 0 aliphatic heterocycles. The molecule has 0 saturated heterocycles. The molecule has 0 aliphatic rings. The molecule has 1 aromatic carbocycles. The number of rotatable bonds is 4. The van der Waals surface area contributed by atoms with Crippen molar-refractivity contribution in [1.29, 1.82) is 0 Å². The van der Waals surface area contributed by atoms with Crippen LogP contribution in [0.1, 0.15) is 6.92 Å². The smallest absolute Gasteiger partial charge is 0.123 e. The molecule has 0 radical (unpaired) electrons. The van der Waals surface area contributed by atoms with Crippen LogP contribution < -0.4 is 4.74 Å². The lowest BCUT2D eigenvalue weighted by Gasteiger charge is -2.13. The molecule has 0 saturated carbocycles. The topological polar surface area (TPSA) is 18.5 Å². The average Bonchev–Trinajstić information content (AvgIpc) is 2.09. The van der Waals surface area contributed by atoms with E-state index in [4.69, 9.17) is 9.47 Å². The molecule has 1 rings (SSSR count). The number of halogens is 1. The highest BCUT2D eigenvalue weighted by Crippen LogP contribution is 2.12. The SMILES string of the molecule is COCC(C)Oc1ccc(F)cc1. The van der Waals surface area contributed by atoms with E-state index in [-0.39, 0.29) is 11.9 Å². The van der Waals surface area contributed by atoms with E-state index >= 15 is 0 Å². The average molecular weight is 184 g/mol. The Morgan fingerprint density at radius 3 is 2.46 bits per heavy atom. The Labute approximate surface area is 77.3 Å². The Morgan fingerprint density at radius 2 is 1.92 bits per heavy atom. The van der Waals surface area contributed by atoms with Crippen LogP contribution in [0.5, 0.6) is 5.75 Å². The molecule has 0 bridgehead atoms. The van der Waals surface area contributed by atoms with Gasteiger partial charge in [0.25, 0.3) is 0 Å². The van der Waals surface area contributed by atoms with Crippen molar-refractivity contribution in [3.63, 3.8) is 0 Å². The summed E-state index contributed by atoms with van der Waals surface area (Å²) in [5, 5.41) is 0. The van der Waals surface area contributed by atoms with Gasteiger partial charge in [-0.3, -0.25) is 0 Å². The van der Waals surface area contributed by atoms with E-state index in [1.54, 1.807) is 19.2 Å². The van der Waals surface area contributed by atoms with E-state index in [9.17, 15) is 4.39 Å². The fraction of sp³-hybridized carbons (Fsp3) is 0.400. The minimum Gasteiger partial charge on any atom is -0.488 e. The number of benzene rings is 1. The Morgan fingerprint density at radius 1 is 1.31 bits per heavy atom. The first-order valence-corrected chi connectivity index (χ1v) is 4.13. The number of ether oxygens (including phenoxy) is 2. The van der Waals surface area contributed by atoms with Crippen molar-refractivity contribution in [2.24, 2.45) is 0 Å². The van der Waals surface area contributed by atoms with Gasteiger partial charge >= 0.3 is 0 Å². The standard InChI is InChI=1S/C10H13FO2/c1-8(7-12-2)13-10-5-3-9(11)4-6-10/h3-6,8H,7H2,1-2H3. The number of methoxy groups -OCH3 is 1. The molecule has 72 valence electrons. The molecule has 0 fully saturated rings. The minimum absolute atomic E-state index is 0.0181. The van der Waals surface area contributed by atoms with Crippen LogP contribution >= 0.6 is 0 Å². The molecule has 0 spiro atoms. The highest BCUT2D eigenvalue weighted by atomic mass is 19.1. The predicted molar refractivity (Wildman–Crippen MR) is 48.4 cm³/mol. The zero-order valence-corrected chi connectivity index (χ0v) is 7.79. The fourth-order valence-electron chi connectivity index (χ4n) is 1.01. The Kier molecular flexibility index (Phi) is 3.71. The molecule has 0 N–H and O–H groups in total. The fourth-order valence-corrected chi connectivity index (χ4v) is 1.01. The summed E-state index contributed by atoms with van der Waals surface area (Å²) in [4.78, 5) is 0. The molecular weight excluding hydrogens is 171 g/mol. The summed E-state index contributed by atoms with van der Waals surface area (Å²) in [6, 6.07) is 5.94. The van der Waals surface area contributed by atoms with Crippen LogP contribution in [-0.4, -0.2) is 19.8 Å². The summed E-state index contributed by atoms with van der Waals surface area (Å²) in [5.74, 6) is 0.401. The summed E-state index contributed by atoms with van der Waals surface area (Å²) in [6.07, 6.45) is -0.0181. The first-order chi connectivity index (χ1) is 6.22. The lowest BCUT2D eigenvalue weighted by atomic mass is 10.3. The quantitative estimate of drug-likeness (QED) is 0.714. The van der Waals surface area contributed by atoms with Crippen molar-refractivity contribution in [3.05, 3.63) is 30.1 Å². The van der Waals surface area contributed by atoms with Crippen LogP contribution in [0.4, 0.5) is 4.39 Å². The van der Waals surface area contributed by atoms with Crippen molar-refractivity contribution in [1.82, 2.24) is 0 Å². The second kappa shape index (κ2) is 4.82. The van der Waals surface area contributed by atoms with Gasteiger partial charge in [-0.15, -0.1) is 0 Å². The second-order valence-electron chi connectivity index (χ2n) is 2.84. The van der Waals surface area contributed by atoms with E-state index in [0.717, 1.165) is 0 Å². The third-order valence-corrected chi connectivity index (χ3v) is 1.55. The van der Waals surface area contributed by atoms with E-state index in [1.165, 1.54) is 12.1 Å². The van der Waals surface area contributed by atoms with Gasteiger partial charge in [0, 0.05) is 7.11 Å². The lowest BCUT2D eigenvalue weighted by Crippen LogP contribution is -2.17. The summed E-state index contributed by atoms with van der Waals surface area (Å²) in [6.45, 7) is 2.42.